The van der Waals surface area contributed by atoms with Crippen molar-refractivity contribution < 1.29 is 19.1 Å². The summed E-state index contributed by atoms with van der Waals surface area (Å²) in [5.74, 6) is 0.192. The number of rotatable bonds is 5. The highest BCUT2D eigenvalue weighted by atomic mass is 16.5. The zero-order chi connectivity index (χ0) is 12.7. The number of esters is 1. The number of ether oxygens (including phenoxy) is 2. The van der Waals surface area contributed by atoms with Crippen LogP contribution in [0.1, 0.15) is 12.5 Å². The highest BCUT2D eigenvalue weighted by molar-refractivity contribution is 5.86. The van der Waals surface area contributed by atoms with Crippen LogP contribution in [0.25, 0.3) is 6.08 Å². The van der Waals surface area contributed by atoms with Gasteiger partial charge in [-0.3, -0.25) is 4.79 Å². The molecule has 0 heterocycles. The topological polar surface area (TPSA) is 52.6 Å². The number of Topliss-reactive ketones (excluding diaryl/α,β-unsaturated/α-hetero) is 1. The predicted molar refractivity (Wildman–Crippen MR) is 63.7 cm³/mol. The van der Waals surface area contributed by atoms with Crippen molar-refractivity contribution in [3.05, 3.63) is 35.9 Å². The van der Waals surface area contributed by atoms with E-state index in [0.29, 0.717) is 5.75 Å². The summed E-state index contributed by atoms with van der Waals surface area (Å²) >= 11 is 0. The Bertz CT molecular complexity index is 418. The van der Waals surface area contributed by atoms with Crippen molar-refractivity contribution in [1.29, 1.82) is 0 Å². The molecule has 4 nitrogen and oxygen atoms in total. The van der Waals surface area contributed by atoms with Crippen LogP contribution < -0.4 is 4.74 Å². The molecule has 0 unspecified atom stereocenters. The molecule has 17 heavy (non-hydrogen) atoms. The molecule has 0 radical (unpaired) electrons. The third kappa shape index (κ3) is 4.97. The maximum Gasteiger partial charge on any atom is 0.330 e. The van der Waals surface area contributed by atoms with E-state index in [0.717, 1.165) is 5.56 Å². The second kappa shape index (κ2) is 6.48. The Balaban J connectivity index is 2.58. The Morgan fingerprint density at radius 2 is 1.88 bits per heavy atom. The summed E-state index contributed by atoms with van der Waals surface area (Å²) in [4.78, 5) is 21.6. The molecule has 0 saturated heterocycles. The van der Waals surface area contributed by atoms with Gasteiger partial charge in [-0.05, 0) is 30.7 Å². The molecule has 0 aliphatic heterocycles. The SMILES string of the molecule is COC(=O)C=Cc1ccc(OCC(C)=O)cc1. The first-order valence-corrected chi connectivity index (χ1v) is 5.10. The molecule has 4 heteroatoms. The monoisotopic (exact) mass is 234 g/mol. The number of hydrogen-bond acceptors (Lipinski definition) is 4. The van der Waals surface area contributed by atoms with E-state index in [2.05, 4.69) is 4.74 Å². The van der Waals surface area contributed by atoms with Gasteiger partial charge >= 0.3 is 5.97 Å². The van der Waals surface area contributed by atoms with E-state index in [9.17, 15) is 9.59 Å². The lowest BCUT2D eigenvalue weighted by atomic mass is 10.2. The highest BCUT2D eigenvalue weighted by Crippen LogP contribution is 2.13. The number of hydrogen-bond donors (Lipinski definition) is 0. The van der Waals surface area contributed by atoms with Crippen molar-refractivity contribution in [2.45, 2.75) is 6.92 Å². The first-order valence-electron chi connectivity index (χ1n) is 5.10. The maximum atomic E-state index is 10.9. The smallest absolute Gasteiger partial charge is 0.330 e. The van der Waals surface area contributed by atoms with E-state index in [1.54, 1.807) is 30.3 Å². The normalized spacial score (nSPS) is 10.2. The standard InChI is InChI=1S/C13H14O4/c1-10(14)9-17-12-6-3-11(4-7-12)5-8-13(15)16-2/h3-8H,9H2,1-2H3. The molecule has 1 aromatic carbocycles. The van der Waals surface area contributed by atoms with Gasteiger partial charge < -0.3 is 9.47 Å². The zero-order valence-corrected chi connectivity index (χ0v) is 9.80. The minimum atomic E-state index is -0.401. The fourth-order valence-electron chi connectivity index (χ4n) is 1.09. The third-order valence-corrected chi connectivity index (χ3v) is 1.94. The van der Waals surface area contributed by atoms with E-state index in [1.165, 1.54) is 20.1 Å². The van der Waals surface area contributed by atoms with E-state index in [-0.39, 0.29) is 12.4 Å². The van der Waals surface area contributed by atoms with Gasteiger partial charge in [-0.25, -0.2) is 4.79 Å². The molecule has 0 fully saturated rings. The van der Waals surface area contributed by atoms with Gasteiger partial charge in [0.2, 0.25) is 0 Å². The molecule has 0 spiro atoms. The van der Waals surface area contributed by atoms with Crippen LogP contribution in [0.2, 0.25) is 0 Å². The van der Waals surface area contributed by atoms with Gasteiger partial charge in [-0.2, -0.15) is 0 Å². The highest BCUT2D eigenvalue weighted by Gasteiger charge is 1.97. The minimum absolute atomic E-state index is 0.0281. The molecule has 0 N–H and O–H groups in total. The molecule has 90 valence electrons. The first kappa shape index (κ1) is 13.0. The number of carbonyl (C=O) groups excluding carboxylic acids is 2. The lowest BCUT2D eigenvalue weighted by molar-refractivity contribution is -0.134. The summed E-state index contributed by atoms with van der Waals surface area (Å²) in [7, 11) is 1.32. The fourth-order valence-corrected chi connectivity index (χ4v) is 1.09. The maximum absolute atomic E-state index is 10.9. The quantitative estimate of drug-likeness (QED) is 0.576. The average Bonchev–Trinajstić information content (AvgIpc) is 2.34. The molecule has 0 saturated carbocycles. The third-order valence-electron chi connectivity index (χ3n) is 1.94. The van der Waals surface area contributed by atoms with Crippen LogP contribution in [0.4, 0.5) is 0 Å². The van der Waals surface area contributed by atoms with Crippen LogP contribution in [0.5, 0.6) is 5.75 Å². The Labute approximate surface area is 99.8 Å². The van der Waals surface area contributed by atoms with Crippen molar-refractivity contribution in [3.63, 3.8) is 0 Å². The number of carbonyl (C=O) groups is 2. The Kier molecular flexibility index (Phi) is 4.94. The fraction of sp³-hybridized carbons (Fsp3) is 0.231. The van der Waals surface area contributed by atoms with Crippen molar-refractivity contribution >= 4 is 17.8 Å². The summed E-state index contributed by atoms with van der Waals surface area (Å²) < 4.78 is 9.68. The molecule has 0 aromatic heterocycles. The van der Waals surface area contributed by atoms with E-state index < -0.39 is 5.97 Å². The van der Waals surface area contributed by atoms with Gasteiger partial charge in [-0.1, -0.05) is 12.1 Å². The van der Waals surface area contributed by atoms with Crippen LogP contribution in [0.3, 0.4) is 0 Å². The molecule has 0 bridgehead atoms. The van der Waals surface area contributed by atoms with E-state index in [4.69, 9.17) is 4.74 Å². The molecule has 0 amide bonds. The second-order valence-corrected chi connectivity index (χ2v) is 3.42. The molecular weight excluding hydrogens is 220 g/mol. The average molecular weight is 234 g/mol. The number of methoxy groups -OCH3 is 1. The summed E-state index contributed by atoms with van der Waals surface area (Å²) in [5, 5.41) is 0. The van der Waals surface area contributed by atoms with Gasteiger partial charge in [0.05, 0.1) is 7.11 Å². The summed E-state index contributed by atoms with van der Waals surface area (Å²) in [6, 6.07) is 7.05. The Morgan fingerprint density at radius 3 is 2.41 bits per heavy atom. The summed E-state index contributed by atoms with van der Waals surface area (Å²) in [5.41, 5.74) is 0.852. The zero-order valence-electron chi connectivity index (χ0n) is 9.80. The predicted octanol–water partition coefficient (Wildman–Crippen LogP) is 1.84. The van der Waals surface area contributed by atoms with Crippen LogP contribution in [0.15, 0.2) is 30.3 Å². The van der Waals surface area contributed by atoms with Crippen molar-refractivity contribution in [1.82, 2.24) is 0 Å². The van der Waals surface area contributed by atoms with Gasteiger partial charge in [0, 0.05) is 6.08 Å². The second-order valence-electron chi connectivity index (χ2n) is 3.42. The molecular formula is C13H14O4. The largest absolute Gasteiger partial charge is 0.486 e. The molecule has 0 aliphatic rings. The van der Waals surface area contributed by atoms with Gasteiger partial charge in [0.25, 0.3) is 0 Å². The van der Waals surface area contributed by atoms with Crippen LogP contribution in [0, 0.1) is 0 Å². The van der Waals surface area contributed by atoms with Crippen LogP contribution in [-0.2, 0) is 14.3 Å². The van der Waals surface area contributed by atoms with Gasteiger partial charge in [-0.15, -0.1) is 0 Å². The minimum Gasteiger partial charge on any atom is -0.486 e. The van der Waals surface area contributed by atoms with Crippen LogP contribution >= 0.6 is 0 Å². The Morgan fingerprint density at radius 1 is 1.24 bits per heavy atom. The molecule has 0 atom stereocenters. The van der Waals surface area contributed by atoms with Crippen molar-refractivity contribution in [3.8, 4) is 5.75 Å². The molecule has 1 rings (SSSR count). The number of benzene rings is 1. The van der Waals surface area contributed by atoms with Crippen LogP contribution in [-0.4, -0.2) is 25.5 Å². The summed E-state index contributed by atoms with van der Waals surface area (Å²) in [6.07, 6.45) is 2.98. The van der Waals surface area contributed by atoms with E-state index in [1.807, 2.05) is 0 Å². The van der Waals surface area contributed by atoms with Gasteiger partial charge in [0.15, 0.2) is 5.78 Å². The summed E-state index contributed by atoms with van der Waals surface area (Å²) in [6.45, 7) is 1.53. The van der Waals surface area contributed by atoms with Crippen molar-refractivity contribution in [2.24, 2.45) is 0 Å². The first-order chi connectivity index (χ1) is 8.11. The molecule has 1 aromatic rings. The lowest BCUT2D eigenvalue weighted by Gasteiger charge is -2.03. The van der Waals surface area contributed by atoms with E-state index >= 15 is 0 Å². The van der Waals surface area contributed by atoms with Crippen molar-refractivity contribution in [2.75, 3.05) is 13.7 Å². The van der Waals surface area contributed by atoms with Gasteiger partial charge in [0.1, 0.15) is 12.4 Å². The Hall–Kier alpha value is -2.10. The lowest BCUT2D eigenvalue weighted by Crippen LogP contribution is -2.06. The molecule has 0 aliphatic carbocycles. The number of ketones is 1.